The van der Waals surface area contributed by atoms with Crippen molar-refractivity contribution < 1.29 is 27.6 Å². The molecule has 2 aliphatic heterocycles. The maximum absolute atomic E-state index is 15.1. The Balaban J connectivity index is 1.18. The number of halogens is 2. The Labute approximate surface area is 213 Å². The summed E-state index contributed by atoms with van der Waals surface area (Å²) in [5.41, 5.74) is -0.0104. The van der Waals surface area contributed by atoms with Crippen molar-refractivity contribution in [2.45, 2.75) is 44.6 Å². The Kier molecular flexibility index (Phi) is 7.20. The number of carbonyl (C=O) groups excluding carboxylic acids is 2. The number of nitrogens with zero attached hydrogens (tertiary/aromatic N) is 4. The number of piperidine rings is 1. The Morgan fingerprint density at radius 3 is 2.62 bits per heavy atom. The molecule has 2 amide bonds. The van der Waals surface area contributed by atoms with Crippen LogP contribution < -0.4 is 15.1 Å². The maximum atomic E-state index is 15.1. The average Bonchev–Trinajstić information content (AvgIpc) is 3.50. The van der Waals surface area contributed by atoms with Gasteiger partial charge in [0, 0.05) is 38.6 Å². The van der Waals surface area contributed by atoms with E-state index in [4.69, 9.17) is 9.26 Å². The minimum Gasteiger partial charge on any atom is -0.442 e. The van der Waals surface area contributed by atoms with Gasteiger partial charge in [0.15, 0.2) is 17.5 Å². The highest BCUT2D eigenvalue weighted by atomic mass is 19.1. The second-order valence-corrected chi connectivity index (χ2v) is 9.65. The first-order chi connectivity index (χ1) is 17.9. The van der Waals surface area contributed by atoms with Crippen molar-refractivity contribution in [3.05, 3.63) is 59.8 Å². The van der Waals surface area contributed by atoms with Crippen LogP contribution in [0.4, 0.5) is 25.0 Å². The van der Waals surface area contributed by atoms with Gasteiger partial charge in [0.05, 0.1) is 24.7 Å². The highest BCUT2D eigenvalue weighted by molar-refractivity contribution is 5.90. The zero-order valence-electron chi connectivity index (χ0n) is 20.5. The fourth-order valence-corrected chi connectivity index (χ4v) is 4.99. The molecule has 0 spiro atoms. The summed E-state index contributed by atoms with van der Waals surface area (Å²) in [4.78, 5) is 30.8. The molecule has 5 rings (SSSR count). The molecule has 1 N–H and O–H groups in total. The van der Waals surface area contributed by atoms with Crippen molar-refractivity contribution in [1.29, 1.82) is 0 Å². The molecule has 2 atom stereocenters. The fourth-order valence-electron chi connectivity index (χ4n) is 4.99. The Morgan fingerprint density at radius 2 is 1.95 bits per heavy atom. The molecule has 11 heteroatoms. The molecule has 1 unspecified atom stereocenters. The van der Waals surface area contributed by atoms with Crippen LogP contribution in [0.3, 0.4) is 0 Å². The first kappa shape index (κ1) is 24.9. The van der Waals surface area contributed by atoms with Crippen LogP contribution in [0, 0.1) is 17.6 Å². The van der Waals surface area contributed by atoms with Crippen LogP contribution in [0.2, 0.25) is 0 Å². The minimum atomic E-state index is -0.732. The topological polar surface area (TPSA) is 101 Å². The lowest BCUT2D eigenvalue weighted by atomic mass is 9.93. The van der Waals surface area contributed by atoms with Gasteiger partial charge < -0.3 is 19.5 Å². The van der Waals surface area contributed by atoms with Crippen molar-refractivity contribution >= 4 is 23.4 Å². The number of hydrogen-bond acceptors (Lipinski definition) is 7. The first-order valence-corrected chi connectivity index (χ1v) is 12.5. The van der Waals surface area contributed by atoms with Crippen molar-refractivity contribution in [2.75, 3.05) is 36.0 Å². The van der Waals surface area contributed by atoms with E-state index in [0.29, 0.717) is 31.2 Å². The lowest BCUT2D eigenvalue weighted by Gasteiger charge is -2.33. The summed E-state index contributed by atoms with van der Waals surface area (Å²) in [6, 6.07) is 2.31. The normalized spacial score (nSPS) is 22.0. The van der Waals surface area contributed by atoms with Gasteiger partial charge in [0.1, 0.15) is 11.8 Å². The third-order valence-corrected chi connectivity index (χ3v) is 6.95. The van der Waals surface area contributed by atoms with Crippen LogP contribution >= 0.6 is 0 Å². The number of carbonyl (C=O) groups is 2. The highest BCUT2D eigenvalue weighted by Gasteiger charge is 2.34. The SMILES string of the molecule is CC(=O)NC[C@H]1CN(c2cc(F)c(N3CCC(Cc4noc(C5C=CC=CC5)n4)CC3)c(F)c2)C(=O)O1. The molecule has 0 bridgehead atoms. The van der Waals surface area contributed by atoms with E-state index in [9.17, 15) is 9.59 Å². The molecule has 1 aromatic heterocycles. The van der Waals surface area contributed by atoms with Gasteiger partial charge in [-0.3, -0.25) is 9.69 Å². The molecule has 1 aromatic carbocycles. The molecule has 2 saturated heterocycles. The number of anilines is 2. The Hall–Kier alpha value is -3.76. The monoisotopic (exact) mass is 513 g/mol. The lowest BCUT2D eigenvalue weighted by molar-refractivity contribution is -0.119. The van der Waals surface area contributed by atoms with Crippen LogP contribution in [0.15, 0.2) is 41.0 Å². The predicted molar refractivity (Wildman–Crippen MR) is 131 cm³/mol. The molecule has 37 heavy (non-hydrogen) atoms. The second kappa shape index (κ2) is 10.7. The van der Waals surface area contributed by atoms with Crippen molar-refractivity contribution in [3.63, 3.8) is 0 Å². The lowest BCUT2D eigenvalue weighted by Crippen LogP contribution is -2.36. The molecule has 9 nitrogen and oxygen atoms in total. The number of cyclic esters (lactones) is 1. The molecule has 196 valence electrons. The number of amides is 2. The number of allylic oxidation sites excluding steroid dienone is 4. The Bertz CT molecular complexity index is 1200. The average molecular weight is 514 g/mol. The summed E-state index contributed by atoms with van der Waals surface area (Å²) in [7, 11) is 0. The smallest absolute Gasteiger partial charge is 0.414 e. The van der Waals surface area contributed by atoms with Crippen molar-refractivity contribution in [3.8, 4) is 0 Å². The van der Waals surface area contributed by atoms with Gasteiger partial charge in [-0.05, 0) is 25.2 Å². The Morgan fingerprint density at radius 1 is 1.19 bits per heavy atom. The molecular formula is C26H29F2N5O4. The zero-order chi connectivity index (χ0) is 25.9. The molecule has 2 aromatic rings. The van der Waals surface area contributed by atoms with E-state index in [1.165, 1.54) is 11.8 Å². The van der Waals surface area contributed by atoms with E-state index in [1.54, 1.807) is 4.90 Å². The maximum Gasteiger partial charge on any atom is 0.414 e. The van der Waals surface area contributed by atoms with Crippen LogP contribution in [0.25, 0.3) is 0 Å². The largest absolute Gasteiger partial charge is 0.442 e. The molecule has 2 fully saturated rings. The highest BCUT2D eigenvalue weighted by Crippen LogP contribution is 2.34. The number of nitrogens with one attached hydrogen (secondary N) is 1. The first-order valence-electron chi connectivity index (χ1n) is 12.5. The number of rotatable bonds is 7. The summed E-state index contributed by atoms with van der Waals surface area (Å²) in [5.74, 6) is -0.0569. The van der Waals surface area contributed by atoms with Gasteiger partial charge in [0.25, 0.3) is 0 Å². The van der Waals surface area contributed by atoms with Crippen LogP contribution in [-0.2, 0) is 16.0 Å². The van der Waals surface area contributed by atoms with E-state index in [0.717, 1.165) is 31.4 Å². The van der Waals surface area contributed by atoms with E-state index in [-0.39, 0.29) is 42.2 Å². The molecule has 3 aliphatic rings. The van der Waals surface area contributed by atoms with Crippen molar-refractivity contribution in [1.82, 2.24) is 15.5 Å². The number of benzene rings is 1. The van der Waals surface area contributed by atoms with Gasteiger partial charge in [-0.2, -0.15) is 4.98 Å². The van der Waals surface area contributed by atoms with E-state index in [1.807, 2.05) is 18.2 Å². The quantitative estimate of drug-likeness (QED) is 0.600. The van der Waals surface area contributed by atoms with Gasteiger partial charge in [-0.25, -0.2) is 13.6 Å². The summed E-state index contributed by atoms with van der Waals surface area (Å²) < 4.78 is 40.8. The third-order valence-electron chi connectivity index (χ3n) is 6.95. The molecule has 3 heterocycles. The van der Waals surface area contributed by atoms with E-state index >= 15 is 8.78 Å². The third kappa shape index (κ3) is 5.65. The van der Waals surface area contributed by atoms with Crippen LogP contribution in [0.5, 0.6) is 0 Å². The minimum absolute atomic E-state index is 0.0835. The molecular weight excluding hydrogens is 484 g/mol. The number of aromatic nitrogens is 2. The standard InChI is InChI=1S/C26H29F2N5O4/c1-16(34)29-14-20-15-33(26(35)36-20)19-12-21(27)24(22(28)13-19)32-9-7-17(8-10-32)11-23-30-25(37-31-23)18-5-3-2-4-6-18/h2-5,12-13,17-18,20H,6-11,14-15H2,1H3,(H,29,34)/t18?,20-/m0/s1. The second-order valence-electron chi connectivity index (χ2n) is 9.65. The van der Waals surface area contributed by atoms with Gasteiger partial charge in [0.2, 0.25) is 11.8 Å². The molecule has 1 aliphatic carbocycles. The predicted octanol–water partition coefficient (Wildman–Crippen LogP) is 3.87. The van der Waals surface area contributed by atoms with E-state index < -0.39 is 23.8 Å². The van der Waals surface area contributed by atoms with Gasteiger partial charge in [-0.15, -0.1) is 0 Å². The van der Waals surface area contributed by atoms with Gasteiger partial charge >= 0.3 is 6.09 Å². The van der Waals surface area contributed by atoms with E-state index in [2.05, 4.69) is 21.5 Å². The fraction of sp³-hybridized carbons (Fsp3) is 0.462. The van der Waals surface area contributed by atoms with Crippen LogP contribution in [0.1, 0.15) is 43.8 Å². The summed E-state index contributed by atoms with van der Waals surface area (Å²) >= 11 is 0. The van der Waals surface area contributed by atoms with Crippen LogP contribution in [-0.4, -0.2) is 54.4 Å². The molecule has 0 radical (unpaired) electrons. The zero-order valence-corrected chi connectivity index (χ0v) is 20.5. The van der Waals surface area contributed by atoms with Crippen molar-refractivity contribution in [2.24, 2.45) is 5.92 Å². The summed E-state index contributed by atoms with van der Waals surface area (Å²) in [6.07, 6.45) is 9.74. The summed E-state index contributed by atoms with van der Waals surface area (Å²) in [6.45, 7) is 2.56. The molecule has 0 saturated carbocycles. The summed E-state index contributed by atoms with van der Waals surface area (Å²) in [5, 5.41) is 6.70. The van der Waals surface area contributed by atoms with Gasteiger partial charge in [-0.1, -0.05) is 29.5 Å². The number of hydrogen-bond donors (Lipinski definition) is 1. The number of ether oxygens (including phenoxy) is 1.